The number of nitrogens with zero attached hydrogens (tertiary/aromatic N) is 2. The summed E-state index contributed by atoms with van der Waals surface area (Å²) in [6.45, 7) is 2.19. The fourth-order valence-electron chi connectivity index (χ4n) is 2.45. The molecule has 106 valence electrons. The molecule has 0 amide bonds. The molecular formula is C18H19N3. The minimum absolute atomic E-state index is 0.720. The fourth-order valence-corrected chi connectivity index (χ4v) is 2.45. The van der Waals surface area contributed by atoms with E-state index in [4.69, 9.17) is 15.7 Å². The Morgan fingerprint density at radius 3 is 2.52 bits per heavy atom. The van der Waals surface area contributed by atoms with Crippen molar-refractivity contribution in [3.05, 3.63) is 54.2 Å². The van der Waals surface area contributed by atoms with Crippen LogP contribution in [-0.4, -0.2) is 9.97 Å². The predicted octanol–water partition coefficient (Wildman–Crippen LogP) is 4.22. The second-order valence-electron chi connectivity index (χ2n) is 5.24. The van der Waals surface area contributed by atoms with Gasteiger partial charge in [0.2, 0.25) is 0 Å². The van der Waals surface area contributed by atoms with Gasteiger partial charge in [-0.05, 0) is 31.0 Å². The Morgan fingerprint density at radius 2 is 1.76 bits per heavy atom. The molecule has 0 aliphatic rings. The molecule has 1 aromatic heterocycles. The maximum Gasteiger partial charge on any atom is 0.0925 e. The van der Waals surface area contributed by atoms with Crippen LogP contribution in [0.2, 0.25) is 0 Å². The molecule has 0 fully saturated rings. The molecule has 0 bridgehead atoms. The highest BCUT2D eigenvalue weighted by molar-refractivity contribution is 5.81. The molecule has 2 N–H and O–H groups in total. The second kappa shape index (κ2) is 5.92. The van der Waals surface area contributed by atoms with Crippen LogP contribution in [0.15, 0.2) is 48.5 Å². The summed E-state index contributed by atoms with van der Waals surface area (Å²) in [5.41, 5.74) is 11.5. The molecule has 0 aliphatic heterocycles. The predicted molar refractivity (Wildman–Crippen MR) is 88.0 cm³/mol. The van der Waals surface area contributed by atoms with E-state index in [1.54, 1.807) is 0 Å². The molecule has 3 aromatic rings. The third kappa shape index (κ3) is 2.87. The van der Waals surface area contributed by atoms with Crippen LogP contribution in [0.1, 0.15) is 25.5 Å². The van der Waals surface area contributed by atoms with E-state index in [-0.39, 0.29) is 0 Å². The zero-order valence-electron chi connectivity index (χ0n) is 12.2. The summed E-state index contributed by atoms with van der Waals surface area (Å²) >= 11 is 0. The van der Waals surface area contributed by atoms with Crippen molar-refractivity contribution < 1.29 is 0 Å². The minimum Gasteiger partial charge on any atom is -0.399 e. The normalized spacial score (nSPS) is 10.9. The van der Waals surface area contributed by atoms with E-state index in [2.05, 4.69) is 19.1 Å². The molecule has 2 aromatic carbocycles. The van der Waals surface area contributed by atoms with E-state index in [1.165, 1.54) is 0 Å². The maximum atomic E-state index is 5.86. The summed E-state index contributed by atoms with van der Waals surface area (Å²) in [6.07, 6.45) is 3.22. The molecule has 0 unspecified atom stereocenters. The Bertz CT molecular complexity index is 751. The van der Waals surface area contributed by atoms with Crippen molar-refractivity contribution in [1.82, 2.24) is 9.97 Å². The lowest BCUT2D eigenvalue weighted by atomic mass is 10.1. The lowest BCUT2D eigenvalue weighted by Gasteiger charge is -2.10. The van der Waals surface area contributed by atoms with Gasteiger partial charge in [0.05, 0.1) is 22.4 Å². The lowest BCUT2D eigenvalue weighted by Crippen LogP contribution is -2.00. The van der Waals surface area contributed by atoms with Crippen LogP contribution in [0, 0.1) is 0 Å². The van der Waals surface area contributed by atoms with Gasteiger partial charge in [0.1, 0.15) is 0 Å². The van der Waals surface area contributed by atoms with Gasteiger partial charge >= 0.3 is 0 Å². The third-order valence-electron chi connectivity index (χ3n) is 3.57. The van der Waals surface area contributed by atoms with E-state index in [1.807, 2.05) is 36.4 Å². The summed E-state index contributed by atoms with van der Waals surface area (Å²) in [4.78, 5) is 9.63. The van der Waals surface area contributed by atoms with E-state index < -0.39 is 0 Å². The van der Waals surface area contributed by atoms with Gasteiger partial charge in [-0.2, -0.15) is 0 Å². The van der Waals surface area contributed by atoms with E-state index in [0.717, 1.165) is 52.9 Å². The Morgan fingerprint density at radius 1 is 0.952 bits per heavy atom. The molecule has 0 saturated carbocycles. The average molecular weight is 277 g/mol. The molecule has 3 heteroatoms. The standard InChI is InChI=1S/C18H19N3/c1-2-3-9-16-18(13-7-5-4-6-8-13)21-17-12-14(19)10-11-15(17)20-16/h4-8,10-12H,2-3,9,19H2,1H3. The first kappa shape index (κ1) is 13.6. The van der Waals surface area contributed by atoms with Crippen molar-refractivity contribution in [2.45, 2.75) is 26.2 Å². The summed E-state index contributed by atoms with van der Waals surface area (Å²) in [5.74, 6) is 0. The average Bonchev–Trinajstić information content (AvgIpc) is 2.53. The van der Waals surface area contributed by atoms with E-state index in [0.29, 0.717) is 0 Å². The fraction of sp³-hybridized carbons (Fsp3) is 0.222. The number of aromatic nitrogens is 2. The molecule has 0 spiro atoms. The highest BCUT2D eigenvalue weighted by atomic mass is 14.8. The van der Waals surface area contributed by atoms with Crippen molar-refractivity contribution >= 4 is 16.7 Å². The largest absolute Gasteiger partial charge is 0.399 e. The second-order valence-corrected chi connectivity index (χ2v) is 5.24. The molecule has 21 heavy (non-hydrogen) atoms. The van der Waals surface area contributed by atoms with Gasteiger partial charge in [0.25, 0.3) is 0 Å². The molecule has 0 radical (unpaired) electrons. The number of rotatable bonds is 4. The molecular weight excluding hydrogens is 258 g/mol. The van der Waals surface area contributed by atoms with Gasteiger partial charge in [0.15, 0.2) is 0 Å². The first-order valence-corrected chi connectivity index (χ1v) is 7.39. The number of nitrogens with two attached hydrogens (primary N) is 1. The first-order valence-electron chi connectivity index (χ1n) is 7.39. The van der Waals surface area contributed by atoms with E-state index in [9.17, 15) is 0 Å². The number of unbranched alkanes of at least 4 members (excludes halogenated alkanes) is 1. The molecule has 0 atom stereocenters. The van der Waals surface area contributed by atoms with Gasteiger partial charge in [-0.25, -0.2) is 9.97 Å². The Kier molecular flexibility index (Phi) is 3.82. The van der Waals surface area contributed by atoms with Crippen molar-refractivity contribution in [1.29, 1.82) is 0 Å². The summed E-state index contributed by atoms with van der Waals surface area (Å²) in [7, 11) is 0. The maximum absolute atomic E-state index is 5.86. The van der Waals surface area contributed by atoms with Crippen molar-refractivity contribution in [3.63, 3.8) is 0 Å². The lowest BCUT2D eigenvalue weighted by molar-refractivity contribution is 0.778. The number of nitrogen functional groups attached to an aromatic ring is 1. The Labute approximate surface area is 124 Å². The van der Waals surface area contributed by atoms with Crippen LogP contribution in [0.4, 0.5) is 5.69 Å². The minimum atomic E-state index is 0.720. The van der Waals surface area contributed by atoms with E-state index >= 15 is 0 Å². The smallest absolute Gasteiger partial charge is 0.0925 e. The van der Waals surface area contributed by atoms with Crippen LogP contribution in [0.5, 0.6) is 0 Å². The number of hydrogen-bond acceptors (Lipinski definition) is 3. The topological polar surface area (TPSA) is 51.8 Å². The van der Waals surface area contributed by atoms with Gasteiger partial charge in [-0.3, -0.25) is 0 Å². The van der Waals surface area contributed by atoms with Crippen LogP contribution >= 0.6 is 0 Å². The third-order valence-corrected chi connectivity index (χ3v) is 3.57. The highest BCUT2D eigenvalue weighted by Crippen LogP contribution is 2.25. The molecule has 3 nitrogen and oxygen atoms in total. The zero-order chi connectivity index (χ0) is 14.7. The van der Waals surface area contributed by atoms with Crippen LogP contribution < -0.4 is 5.73 Å². The van der Waals surface area contributed by atoms with Crippen molar-refractivity contribution in [2.24, 2.45) is 0 Å². The summed E-state index contributed by atoms with van der Waals surface area (Å²) in [5, 5.41) is 0. The van der Waals surface area contributed by atoms with Crippen LogP contribution in [-0.2, 0) is 6.42 Å². The van der Waals surface area contributed by atoms with Gasteiger partial charge in [0, 0.05) is 11.3 Å². The van der Waals surface area contributed by atoms with Crippen molar-refractivity contribution in [2.75, 3.05) is 5.73 Å². The zero-order valence-corrected chi connectivity index (χ0v) is 12.2. The number of hydrogen-bond donors (Lipinski definition) is 1. The van der Waals surface area contributed by atoms with Crippen LogP contribution in [0.25, 0.3) is 22.3 Å². The first-order chi connectivity index (χ1) is 10.3. The quantitative estimate of drug-likeness (QED) is 0.726. The van der Waals surface area contributed by atoms with Gasteiger partial charge in [-0.15, -0.1) is 0 Å². The molecule has 0 saturated heterocycles. The van der Waals surface area contributed by atoms with Gasteiger partial charge < -0.3 is 5.73 Å². The Hall–Kier alpha value is -2.42. The number of aryl methyl sites for hydroxylation is 1. The number of benzene rings is 2. The Balaban J connectivity index is 2.18. The summed E-state index contributed by atoms with van der Waals surface area (Å²) < 4.78 is 0. The highest BCUT2D eigenvalue weighted by Gasteiger charge is 2.10. The summed E-state index contributed by atoms with van der Waals surface area (Å²) in [6, 6.07) is 16.0. The molecule has 3 rings (SSSR count). The number of fused-ring (bicyclic) bond motifs is 1. The number of anilines is 1. The van der Waals surface area contributed by atoms with Gasteiger partial charge in [-0.1, -0.05) is 43.7 Å². The molecule has 1 heterocycles. The molecule has 0 aliphatic carbocycles. The monoisotopic (exact) mass is 277 g/mol. The van der Waals surface area contributed by atoms with Crippen molar-refractivity contribution in [3.8, 4) is 11.3 Å². The van der Waals surface area contributed by atoms with Crippen LogP contribution in [0.3, 0.4) is 0 Å². The SMILES string of the molecule is CCCCc1nc2ccc(N)cc2nc1-c1ccccc1.